The quantitative estimate of drug-likeness (QED) is 0.629. The van der Waals surface area contributed by atoms with E-state index in [1.54, 1.807) is 24.3 Å². The Labute approximate surface area is 157 Å². The molecule has 0 saturated carbocycles. The molecule has 0 bridgehead atoms. The van der Waals surface area contributed by atoms with Gasteiger partial charge in [-0.05, 0) is 29.8 Å². The molecule has 3 nitrogen and oxygen atoms in total. The van der Waals surface area contributed by atoms with Crippen LogP contribution < -0.4 is 9.64 Å². The third-order valence-corrected chi connectivity index (χ3v) is 4.49. The molecule has 0 saturated heterocycles. The lowest BCUT2D eigenvalue weighted by molar-refractivity contribution is 0.407. The summed E-state index contributed by atoms with van der Waals surface area (Å²) in [5.41, 5.74) is 2.23. The van der Waals surface area contributed by atoms with Gasteiger partial charge in [-0.25, -0.2) is 4.39 Å². The van der Waals surface area contributed by atoms with E-state index in [1.165, 1.54) is 19.2 Å². The Bertz CT molecular complexity index is 866. The number of hydrogen-bond donors (Lipinski definition) is 1. The Morgan fingerprint density at radius 1 is 1.00 bits per heavy atom. The zero-order chi connectivity index (χ0) is 18.5. The van der Waals surface area contributed by atoms with Gasteiger partial charge in [-0.3, -0.25) is 0 Å². The lowest BCUT2D eigenvalue weighted by Crippen LogP contribution is -2.23. The predicted octanol–water partition coefficient (Wildman–Crippen LogP) is 5.40. The second-order valence-corrected chi connectivity index (χ2v) is 6.31. The lowest BCUT2D eigenvalue weighted by Gasteiger charge is -2.27. The first-order valence-corrected chi connectivity index (χ1v) is 8.55. The van der Waals surface area contributed by atoms with E-state index in [-0.39, 0.29) is 18.1 Å². The van der Waals surface area contributed by atoms with E-state index in [0.29, 0.717) is 22.9 Å². The Kier molecular flexibility index (Phi) is 5.64. The van der Waals surface area contributed by atoms with Crippen molar-refractivity contribution >= 4 is 17.3 Å². The van der Waals surface area contributed by atoms with E-state index in [1.807, 2.05) is 35.2 Å². The van der Waals surface area contributed by atoms with Crippen LogP contribution in [0.5, 0.6) is 11.5 Å². The molecular weight excluding hydrogens is 353 g/mol. The van der Waals surface area contributed by atoms with Gasteiger partial charge in [0.05, 0.1) is 12.8 Å². The lowest BCUT2D eigenvalue weighted by atomic mass is 10.1. The molecule has 0 unspecified atom stereocenters. The number of nitrogens with zero attached hydrogens (tertiary/aromatic N) is 1. The van der Waals surface area contributed by atoms with Crippen molar-refractivity contribution in [1.29, 1.82) is 0 Å². The van der Waals surface area contributed by atoms with E-state index in [2.05, 4.69) is 0 Å². The molecule has 1 N–H and O–H groups in total. The van der Waals surface area contributed by atoms with Gasteiger partial charge in [0.1, 0.15) is 17.3 Å². The summed E-state index contributed by atoms with van der Waals surface area (Å²) >= 11 is 6.23. The van der Waals surface area contributed by atoms with Crippen LogP contribution in [-0.4, -0.2) is 12.2 Å². The summed E-state index contributed by atoms with van der Waals surface area (Å²) in [5, 5.41) is 10.1. The number of benzene rings is 3. The maximum Gasteiger partial charge on any atom is 0.145 e. The summed E-state index contributed by atoms with van der Waals surface area (Å²) in [6.45, 7) is 0.800. The van der Waals surface area contributed by atoms with Gasteiger partial charge in [-0.1, -0.05) is 48.0 Å². The number of anilines is 1. The Balaban J connectivity index is 2.02. The van der Waals surface area contributed by atoms with E-state index < -0.39 is 0 Å². The molecule has 0 amide bonds. The van der Waals surface area contributed by atoms with Crippen LogP contribution in [-0.2, 0) is 13.1 Å². The van der Waals surface area contributed by atoms with Gasteiger partial charge >= 0.3 is 0 Å². The van der Waals surface area contributed by atoms with Crippen molar-refractivity contribution in [2.24, 2.45) is 0 Å². The standard InChI is InChI=1S/C21H19ClFNO2/c1-26-21-12-16(25)10-11-20(21)24(13-15-6-3-2-4-7-15)14-17-18(22)8-5-9-19(17)23/h2-12,25H,13-14H2,1H3. The highest BCUT2D eigenvalue weighted by Gasteiger charge is 2.17. The molecule has 3 aromatic rings. The van der Waals surface area contributed by atoms with Crippen LogP contribution in [0, 0.1) is 5.82 Å². The maximum atomic E-state index is 14.3. The fourth-order valence-corrected chi connectivity index (χ4v) is 3.05. The molecule has 0 aliphatic carbocycles. The van der Waals surface area contributed by atoms with Crippen LogP contribution in [0.15, 0.2) is 66.7 Å². The third-order valence-electron chi connectivity index (χ3n) is 4.13. The second kappa shape index (κ2) is 8.11. The molecule has 0 fully saturated rings. The van der Waals surface area contributed by atoms with Crippen LogP contribution >= 0.6 is 11.6 Å². The molecule has 0 aliphatic rings. The third kappa shape index (κ3) is 4.09. The number of halogens is 2. The van der Waals surface area contributed by atoms with Gasteiger partial charge in [-0.2, -0.15) is 0 Å². The van der Waals surface area contributed by atoms with Crippen molar-refractivity contribution in [2.45, 2.75) is 13.1 Å². The number of phenolic OH excluding ortho intramolecular Hbond substituents is 1. The van der Waals surface area contributed by atoms with Gasteiger partial charge in [-0.15, -0.1) is 0 Å². The number of methoxy groups -OCH3 is 1. The van der Waals surface area contributed by atoms with Crippen LogP contribution in [0.3, 0.4) is 0 Å². The molecule has 5 heteroatoms. The van der Waals surface area contributed by atoms with Gasteiger partial charge in [0.25, 0.3) is 0 Å². The number of rotatable bonds is 6. The van der Waals surface area contributed by atoms with Crippen LogP contribution in [0.1, 0.15) is 11.1 Å². The van der Waals surface area contributed by atoms with Crippen molar-refractivity contribution in [3.8, 4) is 11.5 Å². The van der Waals surface area contributed by atoms with E-state index in [9.17, 15) is 9.50 Å². The van der Waals surface area contributed by atoms with Crippen molar-refractivity contribution < 1.29 is 14.2 Å². The normalized spacial score (nSPS) is 10.6. The first-order chi connectivity index (χ1) is 12.6. The summed E-state index contributed by atoms with van der Waals surface area (Å²) in [6, 6.07) is 19.4. The molecule has 3 rings (SSSR count). The summed E-state index contributed by atoms with van der Waals surface area (Å²) < 4.78 is 19.7. The molecule has 0 aromatic heterocycles. The minimum atomic E-state index is -0.353. The maximum absolute atomic E-state index is 14.3. The molecule has 0 aliphatic heterocycles. The number of hydrogen-bond acceptors (Lipinski definition) is 3. The number of aromatic hydroxyl groups is 1. The Morgan fingerprint density at radius 3 is 2.46 bits per heavy atom. The van der Waals surface area contributed by atoms with Crippen LogP contribution in [0.4, 0.5) is 10.1 Å². The largest absolute Gasteiger partial charge is 0.508 e. The smallest absolute Gasteiger partial charge is 0.145 e. The SMILES string of the molecule is COc1cc(O)ccc1N(Cc1ccccc1)Cc1c(F)cccc1Cl. The van der Waals surface area contributed by atoms with Crippen LogP contribution in [0.25, 0.3) is 0 Å². The fraction of sp³-hybridized carbons (Fsp3) is 0.143. The Hall–Kier alpha value is -2.72. The highest BCUT2D eigenvalue weighted by Crippen LogP contribution is 2.34. The fourth-order valence-electron chi connectivity index (χ4n) is 2.83. The molecule has 0 spiro atoms. The Morgan fingerprint density at radius 2 is 1.77 bits per heavy atom. The summed E-state index contributed by atoms with van der Waals surface area (Å²) in [7, 11) is 1.54. The molecule has 3 aromatic carbocycles. The van der Waals surface area contributed by atoms with Gasteiger partial charge in [0, 0.05) is 29.7 Å². The molecule has 26 heavy (non-hydrogen) atoms. The molecule has 0 radical (unpaired) electrons. The minimum absolute atomic E-state index is 0.106. The van der Waals surface area contributed by atoms with Gasteiger partial charge in [0.15, 0.2) is 0 Å². The molecule has 134 valence electrons. The highest BCUT2D eigenvalue weighted by molar-refractivity contribution is 6.31. The molecule has 0 heterocycles. The zero-order valence-electron chi connectivity index (χ0n) is 14.3. The predicted molar refractivity (Wildman–Crippen MR) is 102 cm³/mol. The van der Waals surface area contributed by atoms with Crippen molar-refractivity contribution in [2.75, 3.05) is 12.0 Å². The first kappa shape index (κ1) is 18.1. The zero-order valence-corrected chi connectivity index (χ0v) is 15.1. The van der Waals surface area contributed by atoms with Gasteiger partial charge in [0.2, 0.25) is 0 Å². The van der Waals surface area contributed by atoms with Crippen molar-refractivity contribution in [1.82, 2.24) is 0 Å². The monoisotopic (exact) mass is 371 g/mol. The average molecular weight is 372 g/mol. The summed E-state index contributed by atoms with van der Waals surface area (Å²) in [6.07, 6.45) is 0. The van der Waals surface area contributed by atoms with E-state index in [4.69, 9.17) is 16.3 Å². The summed E-state index contributed by atoms with van der Waals surface area (Å²) in [4.78, 5) is 1.97. The first-order valence-electron chi connectivity index (χ1n) is 8.17. The van der Waals surface area contributed by atoms with E-state index in [0.717, 1.165) is 11.3 Å². The van der Waals surface area contributed by atoms with E-state index >= 15 is 0 Å². The summed E-state index contributed by atoms with van der Waals surface area (Å²) in [5.74, 6) is 0.260. The van der Waals surface area contributed by atoms with Crippen molar-refractivity contribution in [3.05, 3.63) is 88.7 Å². The number of phenols is 1. The minimum Gasteiger partial charge on any atom is -0.508 e. The van der Waals surface area contributed by atoms with Crippen molar-refractivity contribution in [3.63, 3.8) is 0 Å². The topological polar surface area (TPSA) is 32.7 Å². The molecule has 0 atom stereocenters. The average Bonchev–Trinajstić information content (AvgIpc) is 2.64. The van der Waals surface area contributed by atoms with Crippen LogP contribution in [0.2, 0.25) is 5.02 Å². The molecular formula is C21H19ClFNO2. The number of ether oxygens (including phenoxy) is 1. The van der Waals surface area contributed by atoms with Gasteiger partial charge < -0.3 is 14.7 Å². The highest BCUT2D eigenvalue weighted by atomic mass is 35.5. The second-order valence-electron chi connectivity index (χ2n) is 5.90.